The number of aryl methyl sites for hydroxylation is 1. The molecular formula is C25H26FN5O4S. The van der Waals surface area contributed by atoms with Gasteiger partial charge in [-0.3, -0.25) is 19.3 Å². The lowest BCUT2D eigenvalue weighted by Crippen LogP contribution is -2.45. The summed E-state index contributed by atoms with van der Waals surface area (Å²) in [6.07, 6.45) is 1.62. The summed E-state index contributed by atoms with van der Waals surface area (Å²) in [5, 5.41) is 2.89. The first-order valence-electron chi connectivity index (χ1n) is 11.4. The minimum absolute atomic E-state index is 0.0582. The number of ether oxygens (including phenoxy) is 1. The Morgan fingerprint density at radius 2 is 1.89 bits per heavy atom. The predicted octanol–water partition coefficient (Wildman–Crippen LogP) is 2.96. The third-order valence-electron chi connectivity index (χ3n) is 5.91. The number of primary amides is 1. The van der Waals surface area contributed by atoms with Gasteiger partial charge in [-0.15, -0.1) is 0 Å². The van der Waals surface area contributed by atoms with Crippen molar-refractivity contribution in [2.24, 2.45) is 5.73 Å². The second-order valence-electron chi connectivity index (χ2n) is 8.48. The number of aromatic nitrogens is 1. The number of carbonyl (C=O) groups is 3. The molecule has 3 aromatic rings. The van der Waals surface area contributed by atoms with Crippen LogP contribution in [0.3, 0.4) is 0 Å². The van der Waals surface area contributed by atoms with Crippen molar-refractivity contribution < 1.29 is 23.5 Å². The molecule has 0 aliphatic carbocycles. The monoisotopic (exact) mass is 511 g/mol. The molecule has 1 aliphatic rings. The topological polar surface area (TPSA) is 141 Å². The minimum atomic E-state index is -1.14. The molecule has 1 saturated heterocycles. The Hall–Kier alpha value is -3.83. The van der Waals surface area contributed by atoms with Crippen molar-refractivity contribution in [1.82, 2.24) is 9.69 Å². The molecule has 36 heavy (non-hydrogen) atoms. The van der Waals surface area contributed by atoms with E-state index in [1.165, 1.54) is 29.2 Å². The van der Waals surface area contributed by atoms with E-state index in [2.05, 4.69) is 9.69 Å². The van der Waals surface area contributed by atoms with Crippen LogP contribution in [0.2, 0.25) is 0 Å². The lowest BCUT2D eigenvalue weighted by molar-refractivity contribution is -0.123. The highest BCUT2D eigenvalue weighted by molar-refractivity contribution is 7.09. The molecule has 1 aliphatic heterocycles. The van der Waals surface area contributed by atoms with Gasteiger partial charge in [-0.1, -0.05) is 29.8 Å². The van der Waals surface area contributed by atoms with Crippen molar-refractivity contribution in [3.05, 3.63) is 76.0 Å². The third kappa shape index (κ3) is 5.37. The number of rotatable bonds is 8. The van der Waals surface area contributed by atoms with E-state index >= 15 is 0 Å². The summed E-state index contributed by atoms with van der Waals surface area (Å²) < 4.78 is 23.3. The van der Waals surface area contributed by atoms with E-state index in [1.807, 2.05) is 19.1 Å². The number of nitrogens with two attached hydrogens (primary N) is 2. The Morgan fingerprint density at radius 3 is 2.47 bits per heavy atom. The summed E-state index contributed by atoms with van der Waals surface area (Å²) in [6, 6.07) is 11.2. The SMILES string of the molecule is Cc1ccc([C@@H](C(=O)NC[C@@H]2CCCO2)N(C(=O)c2snc(C(N)=O)c2N)c2ccc(F)cc2)cc1. The van der Waals surface area contributed by atoms with Crippen LogP contribution in [-0.2, 0) is 9.53 Å². The van der Waals surface area contributed by atoms with Crippen molar-refractivity contribution in [1.29, 1.82) is 0 Å². The summed E-state index contributed by atoms with van der Waals surface area (Å²) in [5.41, 5.74) is 12.7. The molecule has 0 unspecified atom stereocenters. The van der Waals surface area contributed by atoms with E-state index in [1.54, 1.807) is 12.1 Å². The Bertz CT molecular complexity index is 1260. The predicted molar refractivity (Wildman–Crippen MR) is 134 cm³/mol. The lowest BCUT2D eigenvalue weighted by Gasteiger charge is -2.31. The van der Waals surface area contributed by atoms with Crippen LogP contribution in [-0.4, -0.2) is 41.4 Å². The molecular weight excluding hydrogens is 485 g/mol. The van der Waals surface area contributed by atoms with Gasteiger partial charge in [0.2, 0.25) is 5.91 Å². The van der Waals surface area contributed by atoms with E-state index in [9.17, 15) is 18.8 Å². The zero-order chi connectivity index (χ0) is 25.8. The summed E-state index contributed by atoms with van der Waals surface area (Å²) in [7, 11) is 0. The Labute approximate surface area is 211 Å². The van der Waals surface area contributed by atoms with Gasteiger partial charge in [-0.2, -0.15) is 4.37 Å². The first-order valence-corrected chi connectivity index (χ1v) is 12.1. The molecule has 9 nitrogen and oxygen atoms in total. The molecule has 0 radical (unpaired) electrons. The Kier molecular flexibility index (Phi) is 7.61. The summed E-state index contributed by atoms with van der Waals surface area (Å²) in [4.78, 5) is 40.4. The van der Waals surface area contributed by atoms with Gasteiger partial charge < -0.3 is 21.5 Å². The van der Waals surface area contributed by atoms with Crippen molar-refractivity contribution in [2.75, 3.05) is 23.8 Å². The van der Waals surface area contributed by atoms with Gasteiger partial charge in [0.1, 0.15) is 16.7 Å². The standard InChI is InChI=1S/C25H26FN5O4S/c1-14-4-6-15(7-5-14)21(24(33)29-13-18-3-2-12-35-18)31(17-10-8-16(26)9-11-17)25(34)22-19(27)20(23(28)32)30-36-22/h4-11,18,21H,2-3,12-13,27H2,1H3,(H2,28,32)(H,29,33)/t18-,21-/m0/s1. The number of hydrogen-bond donors (Lipinski definition) is 3. The second-order valence-corrected chi connectivity index (χ2v) is 9.26. The van der Waals surface area contributed by atoms with Gasteiger partial charge in [0.15, 0.2) is 5.69 Å². The van der Waals surface area contributed by atoms with Crippen LogP contribution in [0, 0.1) is 12.7 Å². The molecule has 1 aromatic heterocycles. The van der Waals surface area contributed by atoms with E-state index < -0.39 is 29.6 Å². The fourth-order valence-corrected chi connectivity index (χ4v) is 4.75. The normalized spacial score (nSPS) is 15.9. The van der Waals surface area contributed by atoms with Crippen LogP contribution in [0.4, 0.5) is 15.8 Å². The summed E-state index contributed by atoms with van der Waals surface area (Å²) in [6.45, 7) is 2.82. The highest BCUT2D eigenvalue weighted by Gasteiger charge is 2.36. The maximum Gasteiger partial charge on any atom is 0.273 e. The maximum atomic E-state index is 13.9. The highest BCUT2D eigenvalue weighted by Crippen LogP contribution is 2.33. The van der Waals surface area contributed by atoms with Crippen LogP contribution < -0.4 is 21.7 Å². The first kappa shape index (κ1) is 25.3. The van der Waals surface area contributed by atoms with Crippen molar-refractivity contribution >= 4 is 40.6 Å². The van der Waals surface area contributed by atoms with Crippen molar-refractivity contribution in [2.45, 2.75) is 31.9 Å². The van der Waals surface area contributed by atoms with Gasteiger partial charge in [0, 0.05) is 18.8 Å². The second kappa shape index (κ2) is 10.8. The summed E-state index contributed by atoms with van der Waals surface area (Å²) >= 11 is 0.706. The number of nitrogen functional groups attached to an aromatic ring is 1. The number of hydrogen-bond acceptors (Lipinski definition) is 7. The molecule has 0 spiro atoms. The molecule has 5 N–H and O–H groups in total. The third-order valence-corrected chi connectivity index (χ3v) is 6.76. The molecule has 1 fully saturated rings. The molecule has 188 valence electrons. The first-order chi connectivity index (χ1) is 17.3. The molecule has 2 heterocycles. The van der Waals surface area contributed by atoms with Crippen LogP contribution in [0.1, 0.15) is 50.2 Å². The van der Waals surface area contributed by atoms with Gasteiger partial charge in [0.25, 0.3) is 11.8 Å². The fourth-order valence-electron chi connectivity index (χ4n) is 4.01. The fraction of sp³-hybridized carbons (Fsp3) is 0.280. The van der Waals surface area contributed by atoms with Crippen LogP contribution in [0.5, 0.6) is 0 Å². The molecule has 4 rings (SSSR count). The number of carbonyl (C=O) groups excluding carboxylic acids is 3. The number of amides is 3. The van der Waals surface area contributed by atoms with E-state index in [4.69, 9.17) is 16.2 Å². The number of anilines is 2. The zero-order valence-electron chi connectivity index (χ0n) is 19.6. The number of benzene rings is 2. The molecule has 11 heteroatoms. The van der Waals surface area contributed by atoms with E-state index in [-0.39, 0.29) is 34.6 Å². The number of nitrogens with one attached hydrogen (secondary N) is 1. The molecule has 3 amide bonds. The van der Waals surface area contributed by atoms with Gasteiger partial charge in [-0.05, 0) is 61.1 Å². The van der Waals surface area contributed by atoms with Gasteiger partial charge in [-0.25, -0.2) is 4.39 Å². The van der Waals surface area contributed by atoms with E-state index in [0.29, 0.717) is 23.7 Å². The van der Waals surface area contributed by atoms with Crippen LogP contribution >= 0.6 is 11.5 Å². The molecule has 2 aromatic carbocycles. The molecule has 2 atom stereocenters. The molecule has 0 bridgehead atoms. The highest BCUT2D eigenvalue weighted by atomic mass is 32.1. The van der Waals surface area contributed by atoms with Crippen molar-refractivity contribution in [3.63, 3.8) is 0 Å². The minimum Gasteiger partial charge on any atom is -0.395 e. The lowest BCUT2D eigenvalue weighted by atomic mass is 10.0. The van der Waals surface area contributed by atoms with Crippen LogP contribution in [0.25, 0.3) is 0 Å². The number of halogens is 1. The Balaban J connectivity index is 1.79. The smallest absolute Gasteiger partial charge is 0.273 e. The largest absolute Gasteiger partial charge is 0.395 e. The van der Waals surface area contributed by atoms with Gasteiger partial charge in [0.05, 0.1) is 11.8 Å². The zero-order valence-corrected chi connectivity index (χ0v) is 20.4. The average molecular weight is 512 g/mol. The van der Waals surface area contributed by atoms with Crippen LogP contribution in [0.15, 0.2) is 48.5 Å². The maximum absolute atomic E-state index is 13.9. The Morgan fingerprint density at radius 1 is 1.19 bits per heavy atom. The number of nitrogens with zero attached hydrogens (tertiary/aromatic N) is 2. The van der Waals surface area contributed by atoms with E-state index in [0.717, 1.165) is 18.4 Å². The quantitative estimate of drug-likeness (QED) is 0.425. The van der Waals surface area contributed by atoms with Crippen molar-refractivity contribution in [3.8, 4) is 0 Å². The average Bonchev–Trinajstić information content (AvgIpc) is 3.52. The molecule has 0 saturated carbocycles. The van der Waals surface area contributed by atoms with Gasteiger partial charge >= 0.3 is 0 Å². The summed E-state index contributed by atoms with van der Waals surface area (Å²) in [5.74, 6) is -2.51.